The Morgan fingerprint density at radius 1 is 0.892 bits per heavy atom. The third-order valence-corrected chi connectivity index (χ3v) is 8.28. The van der Waals surface area contributed by atoms with Crippen LogP contribution in [0.25, 0.3) is 11.1 Å². The van der Waals surface area contributed by atoms with Crippen LogP contribution in [0.2, 0.25) is 5.02 Å². The van der Waals surface area contributed by atoms with Crippen LogP contribution in [0.15, 0.2) is 30.3 Å². The van der Waals surface area contributed by atoms with Gasteiger partial charge in [0, 0.05) is 34.7 Å². The maximum absolute atomic E-state index is 14.2. The number of ketones is 2. The molecule has 0 radical (unpaired) electrons. The number of phenolic OH excluding ortho intramolecular Hbond substituents is 4. The number of carbonyl (C=O) groups is 2. The summed E-state index contributed by atoms with van der Waals surface area (Å²) in [4.78, 5) is 28.0. The molecule has 192 valence electrons. The summed E-state index contributed by atoms with van der Waals surface area (Å²) < 4.78 is 5.20. The lowest BCUT2D eigenvalue weighted by Gasteiger charge is -2.51. The molecule has 8 nitrogen and oxygen atoms in total. The first-order valence-electron chi connectivity index (χ1n) is 11.6. The smallest absolute Gasteiger partial charge is 0.206 e. The fourth-order valence-electron chi connectivity index (χ4n) is 6.03. The molecule has 3 aromatic carbocycles. The standard InChI is InChI=1S/C28H25ClO8/c1-11-5-13(37-4)8-18(32)21(11)14-9-19(33)24(29)15-10-20-27(2,3)16-6-12(30)7-17(31)23(16)26(35)28(20,36)25(34)22(14)15/h5-9,20,30-33,36H,10H2,1-4H3/t20-,28-/m1/s1. The molecular formula is C28H25ClO8. The molecule has 0 saturated heterocycles. The molecule has 0 saturated carbocycles. The van der Waals surface area contributed by atoms with Crippen LogP contribution in [0.1, 0.15) is 51.3 Å². The Balaban J connectivity index is 1.83. The highest BCUT2D eigenvalue weighted by Gasteiger charge is 2.64. The van der Waals surface area contributed by atoms with Crippen molar-refractivity contribution in [3.63, 3.8) is 0 Å². The third kappa shape index (κ3) is 3.19. The maximum Gasteiger partial charge on any atom is 0.206 e. The molecule has 0 bridgehead atoms. The van der Waals surface area contributed by atoms with Gasteiger partial charge in [0.05, 0.1) is 17.7 Å². The van der Waals surface area contributed by atoms with Crippen molar-refractivity contribution < 1.29 is 39.9 Å². The molecule has 0 heterocycles. The summed E-state index contributed by atoms with van der Waals surface area (Å²) in [5.74, 6) is -4.02. The molecule has 0 unspecified atom stereocenters. The van der Waals surface area contributed by atoms with Crippen molar-refractivity contribution in [2.45, 2.75) is 38.2 Å². The minimum atomic E-state index is -2.58. The number of aryl methyl sites for hydroxylation is 1. The van der Waals surface area contributed by atoms with E-state index in [1.165, 1.54) is 25.3 Å². The van der Waals surface area contributed by atoms with Crippen LogP contribution >= 0.6 is 11.6 Å². The van der Waals surface area contributed by atoms with Crippen molar-refractivity contribution in [1.82, 2.24) is 0 Å². The summed E-state index contributed by atoms with van der Waals surface area (Å²) in [6.07, 6.45) is -0.0810. The number of methoxy groups -OCH3 is 1. The molecule has 2 aliphatic rings. The van der Waals surface area contributed by atoms with E-state index in [0.29, 0.717) is 11.3 Å². The molecule has 9 heteroatoms. The van der Waals surface area contributed by atoms with Crippen molar-refractivity contribution in [3.05, 3.63) is 63.2 Å². The van der Waals surface area contributed by atoms with Crippen LogP contribution in [-0.4, -0.2) is 49.8 Å². The zero-order chi connectivity index (χ0) is 27.2. The van der Waals surface area contributed by atoms with Crippen molar-refractivity contribution in [2.24, 2.45) is 5.92 Å². The Labute approximate surface area is 217 Å². The van der Waals surface area contributed by atoms with Crippen LogP contribution in [0.5, 0.6) is 28.7 Å². The molecule has 5 rings (SSSR count). The van der Waals surface area contributed by atoms with E-state index >= 15 is 0 Å². The van der Waals surface area contributed by atoms with Crippen LogP contribution < -0.4 is 4.74 Å². The number of benzene rings is 3. The summed E-state index contributed by atoms with van der Waals surface area (Å²) in [5.41, 5.74) is -2.70. The number of ether oxygens (including phenoxy) is 1. The van der Waals surface area contributed by atoms with Gasteiger partial charge in [-0.15, -0.1) is 0 Å². The van der Waals surface area contributed by atoms with Crippen molar-refractivity contribution >= 4 is 23.2 Å². The number of halogens is 1. The van der Waals surface area contributed by atoms with E-state index in [9.17, 15) is 35.1 Å². The zero-order valence-corrected chi connectivity index (χ0v) is 21.3. The van der Waals surface area contributed by atoms with Gasteiger partial charge in [0.1, 0.15) is 28.7 Å². The first kappa shape index (κ1) is 24.9. The largest absolute Gasteiger partial charge is 0.508 e. The lowest BCUT2D eigenvalue weighted by atomic mass is 9.52. The number of carbonyl (C=O) groups excluding carboxylic acids is 2. The number of hydrogen-bond donors (Lipinski definition) is 5. The summed E-state index contributed by atoms with van der Waals surface area (Å²) in [7, 11) is 1.44. The second-order valence-corrected chi connectivity index (χ2v) is 10.6. The van der Waals surface area contributed by atoms with Crippen LogP contribution in [-0.2, 0) is 11.8 Å². The Hall–Kier alpha value is -3.75. The number of phenols is 4. The number of rotatable bonds is 2. The second kappa shape index (κ2) is 7.87. The highest BCUT2D eigenvalue weighted by molar-refractivity contribution is 6.35. The number of Topliss-reactive ketones (excluding diaryl/α,β-unsaturated/α-hetero) is 2. The number of aliphatic hydroxyl groups is 1. The molecule has 0 aliphatic heterocycles. The highest BCUT2D eigenvalue weighted by Crippen LogP contribution is 2.56. The second-order valence-electron chi connectivity index (χ2n) is 10.2. The Kier molecular flexibility index (Phi) is 5.30. The number of aromatic hydroxyl groups is 4. The van der Waals surface area contributed by atoms with Gasteiger partial charge in [-0.25, -0.2) is 0 Å². The molecule has 37 heavy (non-hydrogen) atoms. The molecule has 0 aromatic heterocycles. The molecule has 2 atom stereocenters. The lowest BCUT2D eigenvalue weighted by Crippen LogP contribution is -2.64. The molecule has 3 aromatic rings. The van der Waals surface area contributed by atoms with Gasteiger partial charge in [-0.05, 0) is 53.6 Å². The van der Waals surface area contributed by atoms with E-state index in [4.69, 9.17) is 16.3 Å². The normalized spacial score (nSPS) is 21.7. The fraction of sp³-hybridized carbons (Fsp3) is 0.286. The molecular weight excluding hydrogens is 500 g/mol. The van der Waals surface area contributed by atoms with Gasteiger partial charge in [0.2, 0.25) is 11.6 Å². The summed E-state index contributed by atoms with van der Waals surface area (Å²) in [6, 6.07) is 6.52. The van der Waals surface area contributed by atoms with E-state index in [1.807, 2.05) is 0 Å². The molecule has 5 N–H and O–H groups in total. The SMILES string of the molecule is COc1cc(C)c(-c2cc(O)c(Cl)c3c2C(=O)[C@@]2(O)C(=O)c4c(O)cc(O)cc4C(C)(C)[C@H]2C3)c(O)c1. The first-order valence-corrected chi connectivity index (χ1v) is 11.9. The minimum absolute atomic E-state index is 0.0810. The van der Waals surface area contributed by atoms with E-state index in [2.05, 4.69) is 0 Å². The van der Waals surface area contributed by atoms with Crippen LogP contribution in [0.3, 0.4) is 0 Å². The van der Waals surface area contributed by atoms with Crippen LogP contribution in [0.4, 0.5) is 0 Å². The van der Waals surface area contributed by atoms with Crippen LogP contribution in [0, 0.1) is 12.8 Å². The van der Waals surface area contributed by atoms with Crippen molar-refractivity contribution in [2.75, 3.05) is 7.11 Å². The fourth-order valence-corrected chi connectivity index (χ4v) is 6.25. The summed E-state index contributed by atoms with van der Waals surface area (Å²) >= 11 is 6.49. The zero-order valence-electron chi connectivity index (χ0n) is 20.5. The van der Waals surface area contributed by atoms with E-state index < -0.39 is 34.2 Å². The third-order valence-electron chi connectivity index (χ3n) is 7.86. The van der Waals surface area contributed by atoms with Gasteiger partial charge in [-0.2, -0.15) is 0 Å². The maximum atomic E-state index is 14.2. The van der Waals surface area contributed by atoms with E-state index in [0.717, 1.165) is 6.07 Å². The molecule has 0 spiro atoms. The van der Waals surface area contributed by atoms with Gasteiger partial charge in [0.15, 0.2) is 5.60 Å². The van der Waals surface area contributed by atoms with E-state index in [1.54, 1.807) is 26.8 Å². The lowest BCUT2D eigenvalue weighted by molar-refractivity contribution is -0.0202. The quantitative estimate of drug-likeness (QED) is 0.310. The predicted molar refractivity (Wildman–Crippen MR) is 135 cm³/mol. The number of fused-ring (bicyclic) bond motifs is 3. The molecule has 0 fully saturated rings. The summed E-state index contributed by atoms with van der Waals surface area (Å²) in [6.45, 7) is 5.07. The predicted octanol–water partition coefficient (Wildman–Crippen LogP) is 4.41. The Morgan fingerprint density at radius 3 is 2.14 bits per heavy atom. The molecule has 0 amide bonds. The average Bonchev–Trinajstić information content (AvgIpc) is 2.81. The summed E-state index contributed by atoms with van der Waals surface area (Å²) in [5, 5.41) is 54.1. The van der Waals surface area contributed by atoms with Crippen molar-refractivity contribution in [3.8, 4) is 39.9 Å². The highest BCUT2D eigenvalue weighted by atomic mass is 35.5. The van der Waals surface area contributed by atoms with Gasteiger partial charge in [0.25, 0.3) is 0 Å². The van der Waals surface area contributed by atoms with Gasteiger partial charge >= 0.3 is 0 Å². The number of hydrogen-bond acceptors (Lipinski definition) is 8. The van der Waals surface area contributed by atoms with E-state index in [-0.39, 0.29) is 62.1 Å². The van der Waals surface area contributed by atoms with Gasteiger partial charge in [-0.3, -0.25) is 9.59 Å². The Morgan fingerprint density at radius 2 is 1.51 bits per heavy atom. The monoisotopic (exact) mass is 524 g/mol. The van der Waals surface area contributed by atoms with Gasteiger partial charge < -0.3 is 30.3 Å². The minimum Gasteiger partial charge on any atom is -0.508 e. The first-order chi connectivity index (χ1) is 17.2. The van der Waals surface area contributed by atoms with Crippen molar-refractivity contribution in [1.29, 1.82) is 0 Å². The average molecular weight is 525 g/mol. The molecule has 2 aliphatic carbocycles. The Bertz CT molecular complexity index is 1520. The topological polar surface area (TPSA) is 145 Å². The van der Waals surface area contributed by atoms with Gasteiger partial charge in [-0.1, -0.05) is 25.4 Å².